The molecule has 1 aliphatic rings. The molecule has 0 amide bonds. The zero-order chi connectivity index (χ0) is 24.3. The number of benzene rings is 3. The number of piperazine rings is 1. The Morgan fingerprint density at radius 3 is 2.35 bits per heavy atom. The fourth-order valence-electron chi connectivity index (χ4n) is 4.55. The Hall–Kier alpha value is -2.59. The van der Waals surface area contributed by atoms with Gasteiger partial charge >= 0.3 is 0 Å². The summed E-state index contributed by atoms with van der Waals surface area (Å²) in [7, 11) is 0. The second-order valence-electron chi connectivity index (χ2n) is 8.90. The summed E-state index contributed by atoms with van der Waals surface area (Å²) in [4.78, 5) is 4.53. The minimum Gasteiger partial charge on any atom is -0.392 e. The standard InChI is InChI=1S/C27H27Cl2N3O2/c1-27(34,22-7-2-19(15-30)3-8-22)18-31-12-13-32(25-11-4-20(17-33)14-24(25)29)26(16-31)21-5-9-23(28)10-6-21/h2-11,14,26,33-34H,12-13,16-18H2,1H3/t26-,27+/m0/s1. The maximum Gasteiger partial charge on any atom is 0.0994 e. The number of β-amino-alcohol motifs (C(OH)–C–C–N with tert-alkyl or cyclic N) is 1. The fraction of sp³-hybridized carbons (Fsp3) is 0.296. The fourth-order valence-corrected chi connectivity index (χ4v) is 4.99. The molecule has 0 bridgehead atoms. The van der Waals surface area contributed by atoms with Crippen molar-refractivity contribution in [3.63, 3.8) is 0 Å². The van der Waals surface area contributed by atoms with Gasteiger partial charge in [-0.15, -0.1) is 0 Å². The first kappa shape index (κ1) is 24.5. The molecule has 3 aromatic carbocycles. The first-order chi connectivity index (χ1) is 16.3. The molecular formula is C27H27Cl2N3O2. The summed E-state index contributed by atoms with van der Waals surface area (Å²) >= 11 is 12.8. The van der Waals surface area contributed by atoms with Crippen LogP contribution in [0.1, 0.15) is 35.2 Å². The summed E-state index contributed by atoms with van der Waals surface area (Å²) in [5, 5.41) is 31.1. The monoisotopic (exact) mass is 495 g/mol. The van der Waals surface area contributed by atoms with Gasteiger partial charge in [-0.3, -0.25) is 4.90 Å². The number of nitrogens with zero attached hydrogens (tertiary/aromatic N) is 3. The normalized spacial score (nSPS) is 18.4. The van der Waals surface area contributed by atoms with E-state index in [9.17, 15) is 10.2 Å². The molecule has 1 aliphatic heterocycles. The zero-order valence-corrected chi connectivity index (χ0v) is 20.5. The first-order valence-electron chi connectivity index (χ1n) is 11.2. The molecule has 7 heteroatoms. The van der Waals surface area contributed by atoms with Crippen molar-refractivity contribution >= 4 is 28.9 Å². The lowest BCUT2D eigenvalue weighted by molar-refractivity contribution is 0.0103. The number of hydrogen-bond acceptors (Lipinski definition) is 5. The second kappa shape index (κ2) is 10.4. The molecule has 0 spiro atoms. The Morgan fingerprint density at radius 2 is 1.74 bits per heavy atom. The number of halogens is 2. The molecule has 3 aromatic rings. The van der Waals surface area contributed by atoms with E-state index >= 15 is 0 Å². The van der Waals surface area contributed by atoms with Crippen molar-refractivity contribution in [3.8, 4) is 6.07 Å². The number of rotatable bonds is 6. The van der Waals surface area contributed by atoms with Gasteiger partial charge in [-0.1, -0.05) is 53.5 Å². The molecule has 34 heavy (non-hydrogen) atoms. The van der Waals surface area contributed by atoms with E-state index in [1.165, 1.54) is 0 Å². The second-order valence-corrected chi connectivity index (χ2v) is 9.75. The number of aliphatic hydroxyl groups excluding tert-OH is 1. The summed E-state index contributed by atoms with van der Waals surface area (Å²) in [5.74, 6) is 0. The number of nitriles is 1. The van der Waals surface area contributed by atoms with Crippen molar-refractivity contribution < 1.29 is 10.2 Å². The van der Waals surface area contributed by atoms with Crippen molar-refractivity contribution in [2.75, 3.05) is 31.1 Å². The van der Waals surface area contributed by atoms with Crippen LogP contribution in [0.4, 0.5) is 5.69 Å². The minimum atomic E-state index is -1.07. The molecule has 0 unspecified atom stereocenters. The first-order valence-corrected chi connectivity index (χ1v) is 11.9. The highest BCUT2D eigenvalue weighted by atomic mass is 35.5. The quantitative estimate of drug-likeness (QED) is 0.495. The van der Waals surface area contributed by atoms with Crippen molar-refractivity contribution in [1.29, 1.82) is 5.26 Å². The number of aliphatic hydroxyl groups is 2. The Balaban J connectivity index is 1.60. The Labute approximate surface area is 210 Å². The average molecular weight is 496 g/mol. The van der Waals surface area contributed by atoms with Crippen LogP contribution in [0, 0.1) is 11.3 Å². The average Bonchev–Trinajstić information content (AvgIpc) is 2.84. The topological polar surface area (TPSA) is 70.7 Å². The van der Waals surface area contributed by atoms with E-state index in [4.69, 9.17) is 28.5 Å². The van der Waals surface area contributed by atoms with Gasteiger partial charge in [0.25, 0.3) is 0 Å². The lowest BCUT2D eigenvalue weighted by Crippen LogP contribution is -2.52. The Kier molecular flexibility index (Phi) is 7.47. The van der Waals surface area contributed by atoms with Gasteiger partial charge in [-0.2, -0.15) is 5.26 Å². The lowest BCUT2D eigenvalue weighted by Gasteiger charge is -2.45. The van der Waals surface area contributed by atoms with Gasteiger partial charge in [-0.25, -0.2) is 0 Å². The lowest BCUT2D eigenvalue weighted by atomic mass is 9.93. The molecule has 0 saturated carbocycles. The van der Waals surface area contributed by atoms with Crippen molar-refractivity contribution in [3.05, 3.63) is 99.0 Å². The van der Waals surface area contributed by atoms with Crippen molar-refractivity contribution in [2.45, 2.75) is 25.2 Å². The zero-order valence-electron chi connectivity index (χ0n) is 19.0. The van der Waals surface area contributed by atoms with Gasteiger partial charge in [0.1, 0.15) is 0 Å². The van der Waals surface area contributed by atoms with Gasteiger partial charge in [0.15, 0.2) is 0 Å². The van der Waals surface area contributed by atoms with Gasteiger partial charge in [0.05, 0.1) is 40.6 Å². The largest absolute Gasteiger partial charge is 0.392 e. The molecule has 4 rings (SSSR count). The molecule has 1 heterocycles. The van der Waals surface area contributed by atoms with Crippen LogP contribution >= 0.6 is 23.2 Å². The SMILES string of the molecule is C[C@@](O)(CN1CCN(c2ccc(CO)cc2Cl)[C@H](c2ccc(Cl)cc2)C1)c1ccc(C#N)cc1. The maximum absolute atomic E-state index is 11.3. The van der Waals surface area contributed by atoms with Gasteiger partial charge in [0, 0.05) is 31.2 Å². The molecule has 176 valence electrons. The highest BCUT2D eigenvalue weighted by Gasteiger charge is 2.34. The van der Waals surface area contributed by atoms with Gasteiger partial charge in [-0.05, 0) is 60.0 Å². The third kappa shape index (κ3) is 5.38. The summed E-state index contributed by atoms with van der Waals surface area (Å²) in [6, 6.07) is 22.7. The van der Waals surface area contributed by atoms with Crippen LogP contribution in [-0.2, 0) is 12.2 Å². The van der Waals surface area contributed by atoms with E-state index in [2.05, 4.69) is 15.9 Å². The summed E-state index contributed by atoms with van der Waals surface area (Å²) in [6.45, 7) is 4.35. The predicted octanol–water partition coefficient (Wildman–Crippen LogP) is 5.13. The van der Waals surface area contributed by atoms with Crippen LogP contribution < -0.4 is 4.90 Å². The van der Waals surface area contributed by atoms with Gasteiger partial charge < -0.3 is 15.1 Å². The highest BCUT2D eigenvalue weighted by molar-refractivity contribution is 6.33. The van der Waals surface area contributed by atoms with E-state index in [0.717, 1.165) is 35.5 Å². The molecule has 2 atom stereocenters. The Bertz CT molecular complexity index is 1170. The molecule has 0 aromatic heterocycles. The van der Waals surface area contributed by atoms with Crippen molar-refractivity contribution in [2.24, 2.45) is 0 Å². The van der Waals surface area contributed by atoms with Gasteiger partial charge in [0.2, 0.25) is 0 Å². The Morgan fingerprint density at radius 1 is 1.03 bits per heavy atom. The number of anilines is 1. The predicted molar refractivity (Wildman–Crippen MR) is 136 cm³/mol. The van der Waals surface area contributed by atoms with Crippen molar-refractivity contribution in [1.82, 2.24) is 4.90 Å². The molecular weight excluding hydrogens is 469 g/mol. The molecule has 5 nitrogen and oxygen atoms in total. The van der Waals surface area contributed by atoms with Crippen LogP contribution in [0.25, 0.3) is 0 Å². The summed E-state index contributed by atoms with van der Waals surface area (Å²) < 4.78 is 0. The molecule has 1 saturated heterocycles. The van der Waals surface area contributed by atoms with Crippen LogP contribution in [0.15, 0.2) is 66.7 Å². The van der Waals surface area contributed by atoms with E-state index in [0.29, 0.717) is 28.7 Å². The van der Waals surface area contributed by atoms with E-state index < -0.39 is 5.60 Å². The minimum absolute atomic E-state index is 0.000239. The highest BCUT2D eigenvalue weighted by Crippen LogP contribution is 2.37. The summed E-state index contributed by atoms with van der Waals surface area (Å²) in [5.41, 5.74) is 3.07. The van der Waals surface area contributed by atoms with Crippen LogP contribution in [-0.4, -0.2) is 41.3 Å². The third-order valence-electron chi connectivity index (χ3n) is 6.39. The van der Waals surface area contributed by atoms with E-state index in [-0.39, 0.29) is 12.6 Å². The molecule has 1 fully saturated rings. The van der Waals surface area contributed by atoms with Crippen LogP contribution in [0.3, 0.4) is 0 Å². The summed E-state index contributed by atoms with van der Waals surface area (Å²) in [6.07, 6.45) is 0. The molecule has 0 radical (unpaired) electrons. The maximum atomic E-state index is 11.3. The third-order valence-corrected chi connectivity index (χ3v) is 6.95. The molecule has 2 N–H and O–H groups in total. The van der Waals surface area contributed by atoms with E-state index in [1.807, 2.05) is 55.5 Å². The number of hydrogen-bond donors (Lipinski definition) is 2. The smallest absolute Gasteiger partial charge is 0.0994 e. The van der Waals surface area contributed by atoms with E-state index in [1.54, 1.807) is 18.2 Å². The van der Waals surface area contributed by atoms with Crippen LogP contribution in [0.2, 0.25) is 10.0 Å². The van der Waals surface area contributed by atoms with Crippen LogP contribution in [0.5, 0.6) is 0 Å². The molecule has 0 aliphatic carbocycles.